The van der Waals surface area contributed by atoms with Gasteiger partial charge in [0.05, 0.1) is 13.2 Å². The lowest BCUT2D eigenvalue weighted by Crippen LogP contribution is -2.42. The van der Waals surface area contributed by atoms with Crippen LogP contribution in [0.15, 0.2) is 60.7 Å². The summed E-state index contributed by atoms with van der Waals surface area (Å²) in [5, 5.41) is 3.24. The minimum atomic E-state index is -0.867. The van der Waals surface area contributed by atoms with Gasteiger partial charge in [-0.1, -0.05) is 49.6 Å². The van der Waals surface area contributed by atoms with Gasteiger partial charge in [-0.05, 0) is 66.6 Å². The van der Waals surface area contributed by atoms with Crippen LogP contribution < -0.4 is 19.7 Å². The molecule has 6 nitrogen and oxygen atoms in total. The summed E-state index contributed by atoms with van der Waals surface area (Å²) in [6.45, 7) is 3.45. The molecule has 39 heavy (non-hydrogen) atoms. The molecule has 2 amide bonds. The molecular formula is C33H34N2O4. The molecule has 1 saturated carbocycles. The number of nitrogens with zero attached hydrogens (tertiary/aromatic N) is 1. The zero-order valence-corrected chi connectivity index (χ0v) is 22.4. The molecule has 1 aliphatic carbocycles. The number of anilines is 1. The molecule has 3 aliphatic heterocycles. The minimum Gasteiger partial charge on any atom is -0.493 e. The standard InChI is InChI=1S/C33H34N2O4/c1-21(23-9-3-2-4-10-23)34-31(36)25-11-7-8-22(16-25)19-35-28-13-6-5-12-26(28)33(32(35)37)20-39-30-18-29-24(14-15-38-29)17-27(30)33/h5-8,11-13,16-18,21,23H,2-4,9-10,14-15,19-20H2,1H3,(H,34,36)/t21-,33?/m1/s1. The van der Waals surface area contributed by atoms with Gasteiger partial charge >= 0.3 is 0 Å². The number of carbonyl (C=O) groups is 2. The Kier molecular flexibility index (Phi) is 5.87. The Labute approximate surface area is 229 Å². The number of ether oxygens (including phenoxy) is 2. The SMILES string of the molecule is C[C@@H](NC(=O)c1cccc(CN2C(=O)C3(COc4cc5c(cc43)CCO5)c3ccccc32)c1)C1CCCCC1. The van der Waals surface area contributed by atoms with Crippen molar-refractivity contribution in [1.82, 2.24) is 5.32 Å². The number of hydrogen-bond acceptors (Lipinski definition) is 4. The van der Waals surface area contributed by atoms with Crippen molar-refractivity contribution in [3.05, 3.63) is 88.5 Å². The van der Waals surface area contributed by atoms with Crippen molar-refractivity contribution in [1.29, 1.82) is 0 Å². The van der Waals surface area contributed by atoms with E-state index in [1.807, 2.05) is 59.5 Å². The average molecular weight is 523 g/mol. The van der Waals surface area contributed by atoms with Crippen molar-refractivity contribution in [2.75, 3.05) is 18.1 Å². The van der Waals surface area contributed by atoms with Crippen LogP contribution >= 0.6 is 0 Å². The molecule has 3 aromatic rings. The highest BCUT2D eigenvalue weighted by molar-refractivity contribution is 6.11. The Morgan fingerprint density at radius 2 is 1.85 bits per heavy atom. The molecule has 7 rings (SSSR count). The van der Waals surface area contributed by atoms with Gasteiger partial charge in [0.25, 0.3) is 5.91 Å². The van der Waals surface area contributed by atoms with Gasteiger partial charge in [-0.25, -0.2) is 0 Å². The number of hydrogen-bond donors (Lipinski definition) is 1. The Morgan fingerprint density at radius 3 is 2.72 bits per heavy atom. The zero-order chi connectivity index (χ0) is 26.6. The maximum Gasteiger partial charge on any atom is 0.251 e. The second-order valence-electron chi connectivity index (χ2n) is 11.5. The Balaban J connectivity index is 1.17. The maximum atomic E-state index is 14.3. The number of nitrogens with one attached hydrogen (secondary N) is 1. The van der Waals surface area contributed by atoms with Crippen molar-refractivity contribution in [3.8, 4) is 11.5 Å². The number of rotatable bonds is 5. The quantitative estimate of drug-likeness (QED) is 0.478. The molecule has 1 fully saturated rings. The highest BCUT2D eigenvalue weighted by Crippen LogP contribution is 2.54. The van der Waals surface area contributed by atoms with Crippen LogP contribution in [0.2, 0.25) is 0 Å². The van der Waals surface area contributed by atoms with Gasteiger partial charge in [-0.3, -0.25) is 9.59 Å². The topological polar surface area (TPSA) is 67.9 Å². The fourth-order valence-electron chi connectivity index (χ4n) is 7.04. The molecule has 1 N–H and O–H groups in total. The molecule has 6 heteroatoms. The molecule has 3 aromatic carbocycles. The largest absolute Gasteiger partial charge is 0.493 e. The van der Waals surface area contributed by atoms with Crippen molar-refractivity contribution in [2.24, 2.45) is 5.92 Å². The molecule has 1 unspecified atom stereocenters. The van der Waals surface area contributed by atoms with Crippen molar-refractivity contribution < 1.29 is 19.1 Å². The van der Waals surface area contributed by atoms with Crippen LogP contribution in [-0.2, 0) is 23.2 Å². The summed E-state index contributed by atoms with van der Waals surface area (Å²) in [6.07, 6.45) is 7.00. The van der Waals surface area contributed by atoms with Crippen LogP contribution in [0.5, 0.6) is 11.5 Å². The van der Waals surface area contributed by atoms with E-state index in [1.54, 1.807) is 0 Å². The zero-order valence-electron chi connectivity index (χ0n) is 22.4. The molecule has 0 bridgehead atoms. The highest BCUT2D eigenvalue weighted by Gasteiger charge is 2.57. The van der Waals surface area contributed by atoms with E-state index in [-0.39, 0.29) is 24.5 Å². The molecule has 0 saturated heterocycles. The van der Waals surface area contributed by atoms with Crippen LogP contribution in [0.1, 0.15) is 71.6 Å². The molecular weight excluding hydrogens is 488 g/mol. The van der Waals surface area contributed by atoms with Gasteiger partial charge in [-0.15, -0.1) is 0 Å². The van der Waals surface area contributed by atoms with Crippen LogP contribution in [0, 0.1) is 5.92 Å². The summed E-state index contributed by atoms with van der Waals surface area (Å²) >= 11 is 0. The van der Waals surface area contributed by atoms with E-state index in [4.69, 9.17) is 9.47 Å². The predicted molar refractivity (Wildman–Crippen MR) is 149 cm³/mol. The Morgan fingerprint density at radius 1 is 1.00 bits per heavy atom. The third-order valence-electron chi connectivity index (χ3n) is 9.21. The fraction of sp³-hybridized carbons (Fsp3) is 0.394. The monoisotopic (exact) mass is 522 g/mol. The summed E-state index contributed by atoms with van der Waals surface area (Å²) in [5.74, 6) is 2.10. The van der Waals surface area contributed by atoms with E-state index in [0.717, 1.165) is 45.9 Å². The van der Waals surface area contributed by atoms with Gasteiger partial charge in [0, 0.05) is 35.3 Å². The molecule has 0 aromatic heterocycles. The number of fused-ring (bicyclic) bond motifs is 5. The number of amides is 2. The average Bonchev–Trinajstić information content (AvgIpc) is 3.65. The van der Waals surface area contributed by atoms with Crippen molar-refractivity contribution in [2.45, 2.75) is 63.5 Å². The first kappa shape index (κ1) is 24.3. The summed E-state index contributed by atoms with van der Waals surface area (Å²) < 4.78 is 11.9. The second-order valence-corrected chi connectivity index (χ2v) is 11.5. The van der Waals surface area contributed by atoms with E-state index >= 15 is 0 Å². The predicted octanol–water partition coefficient (Wildman–Crippen LogP) is 5.55. The lowest BCUT2D eigenvalue weighted by molar-refractivity contribution is -0.122. The molecule has 4 aliphatic rings. The first-order chi connectivity index (χ1) is 19.0. The summed E-state index contributed by atoms with van der Waals surface area (Å²) in [4.78, 5) is 29.4. The van der Waals surface area contributed by atoms with Gasteiger partial charge in [-0.2, -0.15) is 0 Å². The minimum absolute atomic E-state index is 0.0158. The van der Waals surface area contributed by atoms with Gasteiger partial charge < -0.3 is 19.7 Å². The number of carbonyl (C=O) groups excluding carboxylic acids is 2. The van der Waals surface area contributed by atoms with E-state index in [2.05, 4.69) is 18.3 Å². The summed E-state index contributed by atoms with van der Waals surface area (Å²) in [6, 6.07) is 19.9. The lowest BCUT2D eigenvalue weighted by atomic mass is 9.76. The highest BCUT2D eigenvalue weighted by atomic mass is 16.5. The third kappa shape index (κ3) is 3.91. The molecule has 3 heterocycles. The van der Waals surface area contributed by atoms with E-state index < -0.39 is 5.41 Å². The van der Waals surface area contributed by atoms with E-state index in [1.165, 1.54) is 32.1 Å². The fourth-order valence-corrected chi connectivity index (χ4v) is 7.04. The number of para-hydroxylation sites is 1. The number of benzene rings is 3. The van der Waals surface area contributed by atoms with E-state index in [9.17, 15) is 9.59 Å². The summed E-state index contributed by atoms with van der Waals surface area (Å²) in [5.41, 5.74) is 4.62. The van der Waals surface area contributed by atoms with E-state index in [0.29, 0.717) is 24.6 Å². The van der Waals surface area contributed by atoms with Gasteiger partial charge in [0.15, 0.2) is 0 Å². The van der Waals surface area contributed by atoms with Crippen molar-refractivity contribution in [3.63, 3.8) is 0 Å². The van der Waals surface area contributed by atoms with Crippen LogP contribution in [0.25, 0.3) is 0 Å². The molecule has 2 atom stereocenters. The molecule has 1 spiro atoms. The first-order valence-electron chi connectivity index (χ1n) is 14.3. The first-order valence-corrected chi connectivity index (χ1v) is 14.3. The molecule has 0 radical (unpaired) electrons. The summed E-state index contributed by atoms with van der Waals surface area (Å²) in [7, 11) is 0. The smallest absolute Gasteiger partial charge is 0.251 e. The lowest BCUT2D eigenvalue weighted by Gasteiger charge is -2.28. The van der Waals surface area contributed by atoms with Crippen LogP contribution in [0.3, 0.4) is 0 Å². The van der Waals surface area contributed by atoms with Crippen LogP contribution in [-0.4, -0.2) is 31.1 Å². The van der Waals surface area contributed by atoms with Crippen LogP contribution in [0.4, 0.5) is 5.69 Å². The van der Waals surface area contributed by atoms with Crippen molar-refractivity contribution >= 4 is 17.5 Å². The second kappa shape index (κ2) is 9.44. The third-order valence-corrected chi connectivity index (χ3v) is 9.21. The maximum absolute atomic E-state index is 14.3. The Hall–Kier alpha value is -3.80. The molecule has 200 valence electrons. The normalized spacial score (nSPS) is 22.2. The van der Waals surface area contributed by atoms with Gasteiger partial charge in [0.2, 0.25) is 5.91 Å². The van der Waals surface area contributed by atoms with Gasteiger partial charge in [0.1, 0.15) is 23.5 Å². The Bertz CT molecular complexity index is 1460.